The van der Waals surface area contributed by atoms with Crippen molar-refractivity contribution in [1.82, 2.24) is 25.0 Å². The number of fused-ring (bicyclic) bond motifs is 1. The summed E-state index contributed by atoms with van der Waals surface area (Å²) in [6.07, 6.45) is 11.5. The number of carbonyl (C=O) groups is 2. The molecule has 1 saturated heterocycles. The van der Waals surface area contributed by atoms with Crippen LogP contribution in [0.1, 0.15) is 91.2 Å². The fourth-order valence-corrected chi connectivity index (χ4v) is 6.29. The molecule has 5 rings (SSSR count). The van der Waals surface area contributed by atoms with Crippen LogP contribution in [0.25, 0.3) is 0 Å². The van der Waals surface area contributed by atoms with Gasteiger partial charge in [-0.3, -0.25) is 14.3 Å². The Morgan fingerprint density at radius 1 is 1.16 bits per heavy atom. The number of aromatic nitrogens is 3. The van der Waals surface area contributed by atoms with E-state index in [4.69, 9.17) is 9.84 Å². The first-order valence-corrected chi connectivity index (χ1v) is 14.1. The molecule has 0 atom stereocenters. The minimum absolute atomic E-state index is 0.0104. The van der Waals surface area contributed by atoms with Gasteiger partial charge >= 0.3 is 0 Å². The van der Waals surface area contributed by atoms with Crippen molar-refractivity contribution in [1.29, 1.82) is 5.26 Å². The molecular formula is C29H38N6O3. The average Bonchev–Trinajstić information content (AvgIpc) is 3.52. The number of rotatable bonds is 7. The fourth-order valence-electron chi connectivity index (χ4n) is 6.29. The number of hydrogen-bond acceptors (Lipinski definition) is 6. The maximum absolute atomic E-state index is 13.4. The van der Waals surface area contributed by atoms with Crippen molar-refractivity contribution >= 4 is 11.8 Å². The number of aryl methyl sites for hydroxylation is 2. The minimum Gasteiger partial charge on any atom is -0.473 e. The number of ether oxygens (including phenoxy) is 1. The van der Waals surface area contributed by atoms with Crippen LogP contribution in [0.4, 0.5) is 0 Å². The number of hydrogen-bond donors (Lipinski definition) is 1. The monoisotopic (exact) mass is 518 g/mol. The molecule has 2 aliphatic carbocycles. The largest absolute Gasteiger partial charge is 0.473 e. The zero-order valence-electron chi connectivity index (χ0n) is 22.5. The second kappa shape index (κ2) is 11.5. The highest BCUT2D eigenvalue weighted by Crippen LogP contribution is 2.32. The Kier molecular flexibility index (Phi) is 7.96. The molecule has 2 aromatic rings. The number of pyridine rings is 1. The molecule has 0 bridgehead atoms. The number of piperidine rings is 1. The van der Waals surface area contributed by atoms with Crippen molar-refractivity contribution in [2.75, 3.05) is 13.1 Å². The SMILES string of the molecule is CC(=O)NC1CCN(C(=O)c2nn(CC[C@H]3CC[C@@H](Oc4nccc(C)c4C#N)CC3)c3c2CCC3)CC1. The van der Waals surface area contributed by atoms with Gasteiger partial charge in [-0.15, -0.1) is 0 Å². The molecule has 0 radical (unpaired) electrons. The van der Waals surface area contributed by atoms with Crippen LogP contribution in [0.15, 0.2) is 12.3 Å². The van der Waals surface area contributed by atoms with Crippen LogP contribution in [0.3, 0.4) is 0 Å². The number of nitrogens with zero attached hydrogens (tertiary/aromatic N) is 5. The van der Waals surface area contributed by atoms with Gasteiger partial charge in [0.15, 0.2) is 5.69 Å². The number of nitrogens with one attached hydrogen (secondary N) is 1. The standard InChI is InChI=1S/C29H38N6O3/c1-19-10-14-31-28(25(19)18-30)38-23-8-6-21(7-9-23)11-17-35-26-5-3-4-24(26)27(33-35)29(37)34-15-12-22(13-16-34)32-20(2)36/h10,14,21-23H,3-9,11-13,15-17H2,1-2H3,(H,32,36)/t21-,23+. The van der Waals surface area contributed by atoms with Crippen molar-refractivity contribution in [2.45, 2.75) is 96.7 Å². The Morgan fingerprint density at radius 3 is 2.63 bits per heavy atom. The summed E-state index contributed by atoms with van der Waals surface area (Å²) in [7, 11) is 0. The Hall–Kier alpha value is -3.41. The van der Waals surface area contributed by atoms with Crippen LogP contribution >= 0.6 is 0 Å². The fraction of sp³-hybridized carbons (Fsp3) is 0.621. The molecule has 9 nitrogen and oxygen atoms in total. The van der Waals surface area contributed by atoms with Crippen LogP contribution in [0.5, 0.6) is 5.88 Å². The summed E-state index contributed by atoms with van der Waals surface area (Å²) in [5.41, 5.74) is 4.46. The van der Waals surface area contributed by atoms with Gasteiger partial charge < -0.3 is 15.0 Å². The number of nitriles is 1. The van der Waals surface area contributed by atoms with E-state index in [2.05, 4.69) is 21.1 Å². The predicted octanol–water partition coefficient (Wildman–Crippen LogP) is 3.72. The molecule has 2 amide bonds. The third-order valence-electron chi connectivity index (χ3n) is 8.46. The van der Waals surface area contributed by atoms with E-state index in [9.17, 15) is 14.9 Å². The first-order chi connectivity index (χ1) is 18.4. The zero-order valence-corrected chi connectivity index (χ0v) is 22.5. The van der Waals surface area contributed by atoms with Crippen LogP contribution in [-0.2, 0) is 24.2 Å². The smallest absolute Gasteiger partial charge is 0.274 e. The first kappa shape index (κ1) is 26.2. The molecule has 0 unspecified atom stereocenters. The van der Waals surface area contributed by atoms with Crippen LogP contribution < -0.4 is 10.1 Å². The molecule has 38 heavy (non-hydrogen) atoms. The third kappa shape index (κ3) is 5.69. The molecule has 0 spiro atoms. The van der Waals surface area contributed by atoms with Gasteiger partial charge in [0.2, 0.25) is 11.8 Å². The van der Waals surface area contributed by atoms with E-state index in [0.29, 0.717) is 36.1 Å². The molecule has 1 saturated carbocycles. The van der Waals surface area contributed by atoms with Gasteiger partial charge in [-0.1, -0.05) is 0 Å². The molecule has 202 valence electrons. The summed E-state index contributed by atoms with van der Waals surface area (Å²) in [4.78, 5) is 30.9. The summed E-state index contributed by atoms with van der Waals surface area (Å²) in [6.45, 7) is 5.61. The summed E-state index contributed by atoms with van der Waals surface area (Å²) in [5.74, 6) is 1.09. The van der Waals surface area contributed by atoms with E-state index < -0.39 is 0 Å². The molecular weight excluding hydrogens is 480 g/mol. The molecule has 1 aliphatic heterocycles. The number of likely N-dealkylation sites (tertiary alicyclic amines) is 1. The molecule has 2 aromatic heterocycles. The highest BCUT2D eigenvalue weighted by molar-refractivity contribution is 5.94. The first-order valence-electron chi connectivity index (χ1n) is 14.1. The Balaban J connectivity index is 1.14. The molecule has 0 aromatic carbocycles. The van der Waals surface area contributed by atoms with Crippen molar-refractivity contribution in [3.05, 3.63) is 40.3 Å². The van der Waals surface area contributed by atoms with Gasteiger partial charge in [0, 0.05) is 50.1 Å². The normalized spacial score (nSPS) is 21.6. The lowest BCUT2D eigenvalue weighted by molar-refractivity contribution is -0.119. The zero-order chi connectivity index (χ0) is 26.6. The van der Waals surface area contributed by atoms with Crippen molar-refractivity contribution in [2.24, 2.45) is 5.92 Å². The predicted molar refractivity (Wildman–Crippen MR) is 142 cm³/mol. The molecule has 2 fully saturated rings. The maximum atomic E-state index is 13.4. The van der Waals surface area contributed by atoms with Gasteiger partial charge in [-0.25, -0.2) is 4.98 Å². The second-order valence-electron chi connectivity index (χ2n) is 11.1. The Labute approximate surface area is 224 Å². The van der Waals surface area contributed by atoms with E-state index >= 15 is 0 Å². The average molecular weight is 519 g/mol. The highest BCUT2D eigenvalue weighted by Gasteiger charge is 2.32. The molecule has 3 aliphatic rings. The van der Waals surface area contributed by atoms with E-state index in [1.165, 1.54) is 5.69 Å². The topological polar surface area (TPSA) is 113 Å². The second-order valence-corrected chi connectivity index (χ2v) is 11.1. The van der Waals surface area contributed by atoms with E-state index in [-0.39, 0.29) is 24.0 Å². The van der Waals surface area contributed by atoms with Gasteiger partial charge in [0.05, 0.1) is 0 Å². The van der Waals surface area contributed by atoms with Crippen LogP contribution in [0.2, 0.25) is 0 Å². The van der Waals surface area contributed by atoms with E-state index in [1.54, 1.807) is 13.1 Å². The lowest BCUT2D eigenvalue weighted by atomic mass is 9.85. The summed E-state index contributed by atoms with van der Waals surface area (Å²) in [5, 5.41) is 17.3. The van der Waals surface area contributed by atoms with E-state index in [1.807, 2.05) is 17.9 Å². The van der Waals surface area contributed by atoms with Gasteiger partial charge in [0.1, 0.15) is 17.7 Å². The quantitative estimate of drug-likeness (QED) is 0.598. The van der Waals surface area contributed by atoms with Gasteiger partial charge in [-0.2, -0.15) is 10.4 Å². The van der Waals surface area contributed by atoms with E-state index in [0.717, 1.165) is 81.9 Å². The third-order valence-corrected chi connectivity index (χ3v) is 8.46. The van der Waals surface area contributed by atoms with Crippen molar-refractivity contribution < 1.29 is 14.3 Å². The highest BCUT2D eigenvalue weighted by atomic mass is 16.5. The molecule has 3 heterocycles. The number of amides is 2. The van der Waals surface area contributed by atoms with Crippen LogP contribution in [0, 0.1) is 24.2 Å². The maximum Gasteiger partial charge on any atom is 0.274 e. The van der Waals surface area contributed by atoms with Crippen LogP contribution in [-0.4, -0.2) is 56.7 Å². The number of carbonyl (C=O) groups excluding carboxylic acids is 2. The summed E-state index contributed by atoms with van der Waals surface area (Å²) in [6, 6.07) is 4.21. The summed E-state index contributed by atoms with van der Waals surface area (Å²) < 4.78 is 8.24. The Bertz CT molecular complexity index is 1220. The van der Waals surface area contributed by atoms with Gasteiger partial charge in [-0.05, 0) is 88.7 Å². The van der Waals surface area contributed by atoms with Gasteiger partial charge in [0.25, 0.3) is 5.91 Å². The Morgan fingerprint density at radius 2 is 1.92 bits per heavy atom. The lowest BCUT2D eigenvalue weighted by Crippen LogP contribution is -2.46. The lowest BCUT2D eigenvalue weighted by Gasteiger charge is -2.32. The minimum atomic E-state index is -0.0104. The van der Waals surface area contributed by atoms with Crippen molar-refractivity contribution in [3.63, 3.8) is 0 Å². The molecule has 9 heteroatoms. The van der Waals surface area contributed by atoms with Crippen molar-refractivity contribution in [3.8, 4) is 11.9 Å². The molecule has 1 N–H and O–H groups in total. The summed E-state index contributed by atoms with van der Waals surface area (Å²) >= 11 is 0.